The summed E-state index contributed by atoms with van der Waals surface area (Å²) in [5, 5.41) is 2.02. The van der Waals surface area contributed by atoms with E-state index in [1.54, 1.807) is 24.4 Å². The summed E-state index contributed by atoms with van der Waals surface area (Å²) >= 11 is 0. The second kappa shape index (κ2) is 18.5. The summed E-state index contributed by atoms with van der Waals surface area (Å²) in [5.41, 5.74) is 12.2. The van der Waals surface area contributed by atoms with E-state index in [9.17, 15) is 0 Å². The normalized spacial score (nSPS) is 11.7. The molecule has 0 aliphatic carbocycles. The van der Waals surface area contributed by atoms with Crippen LogP contribution in [0.4, 0.5) is 0 Å². The Morgan fingerprint density at radius 2 is 1.05 bits per heavy atom. The third-order valence-electron chi connectivity index (χ3n) is 10.5. The SMILES string of the molecule is [2H]C([2H])([2H])c1ccc(-c2[c-]cccc2)nc1.[Ir].[c-]1ccc2c(oc3cc(-c4nc(-c5ccc(-c6ccccc6)cc5)nc(-c5ccc(-c6ccccc6)cc5)n4)ccc32)c1-c1ccccn1. The molecule has 1 radical (unpaired) electrons. The number of furan rings is 1. The summed E-state index contributed by atoms with van der Waals surface area (Å²) in [6, 6.07) is 70.4. The summed E-state index contributed by atoms with van der Waals surface area (Å²) in [5.74, 6) is 1.77. The number of hydrogen-bond donors (Lipinski definition) is 0. The largest absolute Gasteiger partial charge is 0.501 e. The van der Waals surface area contributed by atoms with Gasteiger partial charge in [-0.15, -0.1) is 54.1 Å². The number of aromatic nitrogens is 5. The van der Waals surface area contributed by atoms with Gasteiger partial charge in [0.15, 0.2) is 17.5 Å². The average molecular weight is 991 g/mol. The minimum Gasteiger partial charge on any atom is -0.501 e. The molecule has 0 fully saturated rings. The molecule has 7 heteroatoms. The summed E-state index contributed by atoms with van der Waals surface area (Å²) < 4.78 is 28.2. The van der Waals surface area contributed by atoms with E-state index >= 15 is 0 Å². The van der Waals surface area contributed by atoms with Crippen molar-refractivity contribution in [1.82, 2.24) is 24.9 Å². The molecule has 0 bridgehead atoms. The van der Waals surface area contributed by atoms with Crippen LogP contribution in [0, 0.1) is 19.0 Å². The molecule has 11 rings (SSSR count). The van der Waals surface area contributed by atoms with Crippen molar-refractivity contribution in [2.45, 2.75) is 6.85 Å². The molecule has 0 N–H and O–H groups in total. The Labute approximate surface area is 383 Å². The molecule has 0 atom stereocenters. The molecule has 4 heterocycles. The maximum Gasteiger partial charge on any atom is 0.164 e. The van der Waals surface area contributed by atoms with Gasteiger partial charge < -0.3 is 14.4 Å². The van der Waals surface area contributed by atoms with Gasteiger partial charge in [-0.2, -0.15) is 0 Å². The van der Waals surface area contributed by atoms with E-state index in [1.807, 2.05) is 97.1 Å². The van der Waals surface area contributed by atoms with Crippen molar-refractivity contribution in [2.75, 3.05) is 0 Å². The van der Waals surface area contributed by atoms with Gasteiger partial charge in [0.1, 0.15) is 5.58 Å². The van der Waals surface area contributed by atoms with Crippen molar-refractivity contribution in [3.63, 3.8) is 0 Å². The molecule has 0 amide bonds. The number of fused-ring (bicyclic) bond motifs is 3. The van der Waals surface area contributed by atoms with Crippen molar-refractivity contribution in [3.8, 4) is 78.9 Å². The fourth-order valence-electron chi connectivity index (χ4n) is 7.34. The second-order valence-corrected chi connectivity index (χ2v) is 14.5. The van der Waals surface area contributed by atoms with E-state index in [1.165, 1.54) is 6.20 Å². The fraction of sp³-hybridized carbons (Fsp3) is 0.0179. The zero-order valence-electron chi connectivity index (χ0n) is 36.6. The topological polar surface area (TPSA) is 77.6 Å². The number of pyridine rings is 2. The van der Waals surface area contributed by atoms with Crippen LogP contribution < -0.4 is 0 Å². The minimum absolute atomic E-state index is 0. The van der Waals surface area contributed by atoms with Crippen LogP contribution in [-0.2, 0) is 20.1 Å². The van der Waals surface area contributed by atoms with Crippen LogP contribution in [0.5, 0.6) is 0 Å². The van der Waals surface area contributed by atoms with Gasteiger partial charge in [-0.3, -0.25) is 0 Å². The Bertz CT molecular complexity index is 3270. The number of aryl methyl sites for hydroxylation is 1. The molecule has 0 spiro atoms. The maximum absolute atomic E-state index is 7.23. The Morgan fingerprint density at radius 3 is 1.62 bits per heavy atom. The van der Waals surface area contributed by atoms with Crippen molar-refractivity contribution < 1.29 is 28.6 Å². The standard InChI is InChI=1S/C44H27N4O.C12H10N.Ir/c1-3-10-29(11-4-1)31-17-21-33(22-18-31)42-46-43(34-23-19-32(20-24-34)30-12-5-2-6-13-30)48-44(47-42)35-25-26-36-37-14-9-15-38(39-16-7-8-27-45-39)41(37)49-40(36)28-35;1-10-7-8-12(13-9-10)11-5-3-2-4-6-11;/h1-14,16-28H;2-5,7-9H,1H3;/q2*-1;/i;1D3;. The van der Waals surface area contributed by atoms with Crippen LogP contribution in [0.1, 0.15) is 9.68 Å². The van der Waals surface area contributed by atoms with E-state index in [-0.39, 0.29) is 25.7 Å². The minimum atomic E-state index is -2.09. The predicted molar refractivity (Wildman–Crippen MR) is 250 cm³/mol. The fourth-order valence-corrected chi connectivity index (χ4v) is 7.34. The summed E-state index contributed by atoms with van der Waals surface area (Å²) in [6.07, 6.45) is 3.17. The molecule has 0 aliphatic rings. The van der Waals surface area contributed by atoms with Gasteiger partial charge in [0, 0.05) is 58.7 Å². The first kappa shape index (κ1) is 37.1. The molecular formula is C56H37IrN5O-2. The van der Waals surface area contributed by atoms with E-state index in [0.717, 1.165) is 83.4 Å². The molecule has 0 unspecified atom stereocenters. The molecule has 0 aliphatic heterocycles. The number of nitrogens with zero attached hydrogens (tertiary/aromatic N) is 5. The Hall–Kier alpha value is -7.70. The summed E-state index contributed by atoms with van der Waals surface area (Å²) in [7, 11) is 0. The van der Waals surface area contributed by atoms with Gasteiger partial charge in [0.25, 0.3) is 0 Å². The molecular weight excluding hydrogens is 951 g/mol. The van der Waals surface area contributed by atoms with Gasteiger partial charge >= 0.3 is 0 Å². The third kappa shape index (κ3) is 8.88. The van der Waals surface area contributed by atoms with E-state index < -0.39 is 6.85 Å². The van der Waals surface area contributed by atoms with Crippen LogP contribution in [-0.4, -0.2) is 24.9 Å². The van der Waals surface area contributed by atoms with Crippen molar-refractivity contribution >= 4 is 21.9 Å². The number of benzene rings is 7. The van der Waals surface area contributed by atoms with Crippen molar-refractivity contribution in [1.29, 1.82) is 0 Å². The maximum atomic E-state index is 7.23. The van der Waals surface area contributed by atoms with Crippen molar-refractivity contribution in [3.05, 3.63) is 224 Å². The first-order valence-corrected chi connectivity index (χ1v) is 20.1. The quantitative estimate of drug-likeness (QED) is 0.148. The molecule has 0 saturated heterocycles. The monoisotopic (exact) mass is 991 g/mol. The molecule has 4 aromatic heterocycles. The zero-order chi connectivity index (χ0) is 44.2. The average Bonchev–Trinajstić information content (AvgIpc) is 3.76. The van der Waals surface area contributed by atoms with Crippen LogP contribution in [0.25, 0.3) is 101 Å². The van der Waals surface area contributed by atoms with E-state index in [0.29, 0.717) is 17.5 Å². The number of hydrogen-bond acceptors (Lipinski definition) is 6. The predicted octanol–water partition coefficient (Wildman–Crippen LogP) is 13.8. The molecule has 303 valence electrons. The van der Waals surface area contributed by atoms with Crippen LogP contribution in [0.3, 0.4) is 0 Å². The summed E-state index contributed by atoms with van der Waals surface area (Å²) in [4.78, 5) is 23.7. The van der Waals surface area contributed by atoms with E-state index in [2.05, 4.69) is 101 Å². The van der Waals surface area contributed by atoms with Gasteiger partial charge in [0.2, 0.25) is 0 Å². The molecule has 7 aromatic carbocycles. The van der Waals surface area contributed by atoms with Crippen molar-refractivity contribution in [2.24, 2.45) is 0 Å². The van der Waals surface area contributed by atoms with Crippen LogP contribution >= 0.6 is 0 Å². The Balaban J connectivity index is 0.000000273. The van der Waals surface area contributed by atoms with Gasteiger partial charge in [-0.1, -0.05) is 157 Å². The molecule has 0 saturated carbocycles. The second-order valence-electron chi connectivity index (χ2n) is 14.5. The van der Waals surface area contributed by atoms with Crippen LogP contribution in [0.15, 0.2) is 211 Å². The first-order valence-electron chi connectivity index (χ1n) is 21.6. The summed E-state index contributed by atoms with van der Waals surface area (Å²) in [6.45, 7) is -2.09. The van der Waals surface area contributed by atoms with Gasteiger partial charge in [0.05, 0.1) is 5.58 Å². The third-order valence-corrected chi connectivity index (χ3v) is 10.5. The van der Waals surface area contributed by atoms with E-state index in [4.69, 9.17) is 23.5 Å². The molecule has 63 heavy (non-hydrogen) atoms. The first-order chi connectivity index (χ1) is 31.8. The van der Waals surface area contributed by atoms with Gasteiger partial charge in [-0.25, -0.2) is 15.0 Å². The van der Waals surface area contributed by atoms with Gasteiger partial charge in [-0.05, 0) is 58.2 Å². The number of rotatable bonds is 7. The molecule has 11 aromatic rings. The van der Waals surface area contributed by atoms with Crippen LogP contribution in [0.2, 0.25) is 0 Å². The smallest absolute Gasteiger partial charge is 0.164 e. The Morgan fingerprint density at radius 1 is 0.460 bits per heavy atom. The zero-order valence-corrected chi connectivity index (χ0v) is 36.0. The Kier molecular flexibility index (Phi) is 10.9. The molecule has 6 nitrogen and oxygen atoms in total.